The van der Waals surface area contributed by atoms with Gasteiger partial charge in [-0.05, 0) is 50.6 Å². The molecule has 158 valence electrons. The van der Waals surface area contributed by atoms with Crippen molar-refractivity contribution in [2.45, 2.75) is 38.8 Å². The number of carbonyl (C=O) groups is 1. The number of amides is 1. The summed E-state index contributed by atoms with van der Waals surface area (Å²) in [7, 11) is 1.52. The van der Waals surface area contributed by atoms with Crippen LogP contribution < -0.4 is 5.32 Å². The highest BCUT2D eigenvalue weighted by Crippen LogP contribution is 2.31. The van der Waals surface area contributed by atoms with Crippen LogP contribution in [0, 0.1) is 6.92 Å². The Labute approximate surface area is 176 Å². The molecule has 1 N–H and O–H groups in total. The molecule has 4 rings (SSSR count). The number of pyridine rings is 1. The molecule has 3 aromatic heterocycles. The second-order valence-corrected chi connectivity index (χ2v) is 7.84. The van der Waals surface area contributed by atoms with E-state index in [9.17, 15) is 4.79 Å². The Kier molecular flexibility index (Phi) is 6.35. The molecule has 4 heterocycles. The van der Waals surface area contributed by atoms with Crippen LogP contribution in [-0.4, -0.2) is 57.2 Å². The summed E-state index contributed by atoms with van der Waals surface area (Å²) in [5.74, 6) is 0.241. The predicted octanol–water partition coefficient (Wildman–Crippen LogP) is 2.07. The van der Waals surface area contributed by atoms with Gasteiger partial charge < -0.3 is 10.1 Å². The molecular formula is C22H28N6O2. The molecule has 8 heteroatoms. The molecule has 1 fully saturated rings. The van der Waals surface area contributed by atoms with E-state index in [4.69, 9.17) is 9.84 Å². The molecule has 1 saturated heterocycles. The lowest BCUT2D eigenvalue weighted by Gasteiger charge is -2.33. The smallest absolute Gasteiger partial charge is 0.246 e. The van der Waals surface area contributed by atoms with Gasteiger partial charge in [0.2, 0.25) is 5.91 Å². The van der Waals surface area contributed by atoms with Gasteiger partial charge in [0.1, 0.15) is 6.61 Å². The van der Waals surface area contributed by atoms with Crippen molar-refractivity contribution in [1.29, 1.82) is 0 Å². The maximum atomic E-state index is 11.9. The van der Waals surface area contributed by atoms with Gasteiger partial charge in [-0.25, -0.2) is 9.50 Å². The Morgan fingerprint density at radius 1 is 1.27 bits per heavy atom. The number of aryl methyl sites for hydroxylation is 1. The topological polar surface area (TPSA) is 84.6 Å². The summed E-state index contributed by atoms with van der Waals surface area (Å²) >= 11 is 0. The van der Waals surface area contributed by atoms with Crippen LogP contribution in [-0.2, 0) is 22.6 Å². The molecule has 8 nitrogen and oxygen atoms in total. The van der Waals surface area contributed by atoms with Gasteiger partial charge in [0.25, 0.3) is 0 Å². The van der Waals surface area contributed by atoms with Crippen molar-refractivity contribution >= 4 is 11.6 Å². The van der Waals surface area contributed by atoms with Crippen molar-refractivity contribution in [2.75, 3.05) is 26.8 Å². The second kappa shape index (κ2) is 9.32. The number of aromatic nitrogens is 4. The second-order valence-electron chi connectivity index (χ2n) is 7.84. The SMILES string of the molecule is COCC(=O)NCc1cnc2cc(C)nn2c1C1CCN(Cc2ccncc2)CC1. The standard InChI is InChI=1S/C22H28N6O2/c1-16-11-20-24-12-19(13-25-21(29)15-30-2)22(28(20)26-16)18-5-9-27(10-6-18)14-17-3-7-23-8-4-17/h3-4,7-8,11-12,18H,5-6,9-10,13-15H2,1-2H3,(H,25,29). The van der Waals surface area contributed by atoms with E-state index in [2.05, 4.69) is 32.3 Å². The highest BCUT2D eigenvalue weighted by Gasteiger charge is 2.26. The molecule has 0 spiro atoms. The fourth-order valence-electron chi connectivity index (χ4n) is 4.16. The van der Waals surface area contributed by atoms with Crippen LogP contribution in [0.1, 0.15) is 41.3 Å². The van der Waals surface area contributed by atoms with Crippen molar-refractivity contribution < 1.29 is 9.53 Å². The van der Waals surface area contributed by atoms with E-state index in [1.54, 1.807) is 0 Å². The Bertz CT molecular complexity index is 996. The van der Waals surface area contributed by atoms with Gasteiger partial charge in [-0.2, -0.15) is 5.10 Å². The molecule has 0 aromatic carbocycles. The molecule has 0 radical (unpaired) electrons. The zero-order valence-corrected chi connectivity index (χ0v) is 17.5. The number of fused-ring (bicyclic) bond motifs is 1. The Morgan fingerprint density at radius 2 is 2.03 bits per heavy atom. The first kappa shape index (κ1) is 20.4. The number of likely N-dealkylation sites (tertiary alicyclic amines) is 1. The Hall–Kier alpha value is -2.84. The van der Waals surface area contributed by atoms with Crippen molar-refractivity contribution in [3.05, 3.63) is 59.3 Å². The number of nitrogens with one attached hydrogen (secondary N) is 1. The van der Waals surface area contributed by atoms with E-state index < -0.39 is 0 Å². The van der Waals surface area contributed by atoms with Crippen LogP contribution in [0.4, 0.5) is 0 Å². The highest BCUT2D eigenvalue weighted by molar-refractivity contribution is 5.77. The van der Waals surface area contributed by atoms with Gasteiger partial charge in [0.15, 0.2) is 5.65 Å². The third-order valence-corrected chi connectivity index (χ3v) is 5.60. The lowest BCUT2D eigenvalue weighted by Crippen LogP contribution is -2.34. The number of hydrogen-bond donors (Lipinski definition) is 1. The van der Waals surface area contributed by atoms with E-state index in [1.165, 1.54) is 12.7 Å². The number of methoxy groups -OCH3 is 1. The molecule has 0 bridgehead atoms. The van der Waals surface area contributed by atoms with E-state index in [0.717, 1.165) is 55.1 Å². The molecule has 30 heavy (non-hydrogen) atoms. The quantitative estimate of drug-likeness (QED) is 0.644. The van der Waals surface area contributed by atoms with Crippen LogP contribution in [0.3, 0.4) is 0 Å². The third kappa shape index (κ3) is 4.66. The first-order valence-electron chi connectivity index (χ1n) is 10.3. The third-order valence-electron chi connectivity index (χ3n) is 5.60. The monoisotopic (exact) mass is 408 g/mol. The van der Waals surface area contributed by atoms with E-state index in [0.29, 0.717) is 12.5 Å². The minimum absolute atomic E-state index is 0.0548. The molecule has 1 aliphatic heterocycles. The van der Waals surface area contributed by atoms with Gasteiger partial charge in [0, 0.05) is 56.3 Å². The van der Waals surface area contributed by atoms with Gasteiger partial charge in [-0.1, -0.05) is 0 Å². The fourth-order valence-corrected chi connectivity index (χ4v) is 4.16. The normalized spacial score (nSPS) is 15.5. The minimum Gasteiger partial charge on any atom is -0.375 e. The van der Waals surface area contributed by atoms with E-state index in [1.807, 2.05) is 36.1 Å². The summed E-state index contributed by atoms with van der Waals surface area (Å²) in [6.07, 6.45) is 7.66. The van der Waals surface area contributed by atoms with Gasteiger partial charge in [-0.15, -0.1) is 0 Å². The number of rotatable bonds is 7. The number of nitrogens with zero attached hydrogens (tertiary/aromatic N) is 5. The summed E-state index contributed by atoms with van der Waals surface area (Å²) in [6, 6.07) is 6.15. The summed E-state index contributed by atoms with van der Waals surface area (Å²) in [4.78, 5) is 23.0. The molecule has 0 unspecified atom stereocenters. The lowest BCUT2D eigenvalue weighted by atomic mass is 9.90. The summed E-state index contributed by atoms with van der Waals surface area (Å²) in [6.45, 7) is 5.45. The predicted molar refractivity (Wildman–Crippen MR) is 113 cm³/mol. The Morgan fingerprint density at radius 3 is 2.77 bits per heavy atom. The van der Waals surface area contributed by atoms with E-state index >= 15 is 0 Å². The number of carbonyl (C=O) groups excluding carboxylic acids is 1. The Balaban J connectivity index is 1.52. The molecule has 0 atom stereocenters. The van der Waals surface area contributed by atoms with Crippen LogP contribution in [0.15, 0.2) is 36.8 Å². The minimum atomic E-state index is -0.132. The van der Waals surface area contributed by atoms with Crippen molar-refractivity contribution in [3.8, 4) is 0 Å². The average molecular weight is 409 g/mol. The maximum Gasteiger partial charge on any atom is 0.246 e. The first-order valence-corrected chi connectivity index (χ1v) is 10.3. The summed E-state index contributed by atoms with van der Waals surface area (Å²) < 4.78 is 6.89. The first-order chi connectivity index (χ1) is 14.6. The van der Waals surface area contributed by atoms with Crippen LogP contribution in [0.5, 0.6) is 0 Å². The fraction of sp³-hybridized carbons (Fsp3) is 0.455. The summed E-state index contributed by atoms with van der Waals surface area (Å²) in [5, 5.41) is 7.63. The van der Waals surface area contributed by atoms with Gasteiger partial charge in [0.05, 0.1) is 11.4 Å². The van der Waals surface area contributed by atoms with Crippen molar-refractivity contribution in [3.63, 3.8) is 0 Å². The maximum absolute atomic E-state index is 11.9. The van der Waals surface area contributed by atoms with E-state index in [-0.39, 0.29) is 12.5 Å². The summed E-state index contributed by atoms with van der Waals surface area (Å²) in [5.41, 5.74) is 5.27. The van der Waals surface area contributed by atoms with Gasteiger partial charge in [-0.3, -0.25) is 14.7 Å². The van der Waals surface area contributed by atoms with Gasteiger partial charge >= 0.3 is 0 Å². The van der Waals surface area contributed by atoms with Crippen LogP contribution in [0.2, 0.25) is 0 Å². The zero-order chi connectivity index (χ0) is 20.9. The van der Waals surface area contributed by atoms with Crippen LogP contribution >= 0.6 is 0 Å². The highest BCUT2D eigenvalue weighted by atomic mass is 16.5. The number of piperidine rings is 1. The van der Waals surface area contributed by atoms with Crippen molar-refractivity contribution in [1.82, 2.24) is 29.8 Å². The van der Waals surface area contributed by atoms with Crippen molar-refractivity contribution in [2.24, 2.45) is 0 Å². The molecule has 1 aliphatic rings. The molecule has 1 amide bonds. The number of ether oxygens (including phenoxy) is 1. The lowest BCUT2D eigenvalue weighted by molar-refractivity contribution is -0.124. The molecular weight excluding hydrogens is 380 g/mol. The molecule has 0 saturated carbocycles. The zero-order valence-electron chi connectivity index (χ0n) is 17.5. The van der Waals surface area contributed by atoms with Crippen LogP contribution in [0.25, 0.3) is 5.65 Å². The largest absolute Gasteiger partial charge is 0.375 e. The number of hydrogen-bond acceptors (Lipinski definition) is 6. The average Bonchev–Trinajstić information content (AvgIpc) is 3.14. The molecule has 3 aromatic rings. The molecule has 0 aliphatic carbocycles.